The third-order valence-electron chi connectivity index (χ3n) is 5.32. The van der Waals surface area contributed by atoms with Crippen LogP contribution in [0, 0.1) is 0 Å². The lowest BCUT2D eigenvalue weighted by Gasteiger charge is -2.28. The van der Waals surface area contributed by atoms with E-state index in [2.05, 4.69) is 10.2 Å². The molecule has 4 rings (SSSR count). The van der Waals surface area contributed by atoms with Crippen LogP contribution in [-0.4, -0.2) is 60.4 Å². The number of fused-ring (bicyclic) bond motifs is 1. The van der Waals surface area contributed by atoms with E-state index in [1.807, 2.05) is 0 Å². The zero-order valence-corrected chi connectivity index (χ0v) is 13.7. The van der Waals surface area contributed by atoms with Crippen molar-refractivity contribution in [2.24, 2.45) is 0 Å². The van der Waals surface area contributed by atoms with Crippen molar-refractivity contribution in [3.05, 3.63) is 23.8 Å². The molecule has 1 saturated carbocycles. The van der Waals surface area contributed by atoms with Crippen molar-refractivity contribution in [2.45, 2.75) is 43.9 Å². The van der Waals surface area contributed by atoms with Crippen LogP contribution >= 0.6 is 0 Å². The van der Waals surface area contributed by atoms with Crippen LogP contribution in [0.3, 0.4) is 0 Å². The van der Waals surface area contributed by atoms with E-state index in [4.69, 9.17) is 9.47 Å². The molecule has 1 aromatic rings. The molecule has 6 nitrogen and oxygen atoms in total. The van der Waals surface area contributed by atoms with Crippen LogP contribution < -0.4 is 14.8 Å². The van der Waals surface area contributed by atoms with Crippen LogP contribution in [0.1, 0.15) is 36.0 Å². The second-order valence-electron chi connectivity index (χ2n) is 6.79. The van der Waals surface area contributed by atoms with Gasteiger partial charge < -0.3 is 19.9 Å². The molecule has 3 atom stereocenters. The Balaban J connectivity index is 1.45. The van der Waals surface area contributed by atoms with Gasteiger partial charge in [0.25, 0.3) is 5.91 Å². The SMILES string of the molecule is O=C(N[C@@H]1CC[C@@H](N2CCCC2)[C@@H]1O)c1cccc2c1OCCO2. The first-order chi connectivity index (χ1) is 11.7. The maximum atomic E-state index is 12.7. The highest BCUT2D eigenvalue weighted by atomic mass is 16.6. The standard InChI is InChI=1S/C18H24N2O4/c21-16-13(6-7-14(16)20-8-1-2-9-20)19-18(22)12-4-3-5-15-17(12)24-11-10-23-15/h3-5,13-14,16,21H,1-2,6-11H2,(H,19,22)/t13-,14-,16-/m1/s1. The van der Waals surface area contributed by atoms with E-state index < -0.39 is 6.10 Å². The number of hydrogen-bond acceptors (Lipinski definition) is 5. The summed E-state index contributed by atoms with van der Waals surface area (Å²) in [5.74, 6) is 0.907. The van der Waals surface area contributed by atoms with Gasteiger partial charge in [-0.15, -0.1) is 0 Å². The minimum atomic E-state index is -0.510. The Morgan fingerprint density at radius 2 is 1.96 bits per heavy atom. The summed E-state index contributed by atoms with van der Waals surface area (Å²) in [4.78, 5) is 15.0. The zero-order chi connectivity index (χ0) is 16.5. The number of para-hydroxylation sites is 1. The number of amides is 1. The topological polar surface area (TPSA) is 71.0 Å². The lowest BCUT2D eigenvalue weighted by Crippen LogP contribution is -2.47. The maximum Gasteiger partial charge on any atom is 0.255 e. The van der Waals surface area contributed by atoms with Gasteiger partial charge in [0.1, 0.15) is 13.2 Å². The number of benzene rings is 1. The Morgan fingerprint density at radius 3 is 2.79 bits per heavy atom. The van der Waals surface area contributed by atoms with Crippen molar-refractivity contribution in [3.63, 3.8) is 0 Å². The van der Waals surface area contributed by atoms with Crippen LogP contribution in [0.15, 0.2) is 18.2 Å². The fourth-order valence-electron chi connectivity index (χ4n) is 4.09. The van der Waals surface area contributed by atoms with Gasteiger partial charge in [0.15, 0.2) is 11.5 Å². The molecule has 1 amide bonds. The van der Waals surface area contributed by atoms with E-state index in [0.29, 0.717) is 30.3 Å². The molecular weight excluding hydrogens is 308 g/mol. The molecule has 3 aliphatic rings. The lowest BCUT2D eigenvalue weighted by atomic mass is 10.1. The zero-order valence-electron chi connectivity index (χ0n) is 13.7. The summed E-state index contributed by atoms with van der Waals surface area (Å²) < 4.78 is 11.1. The Bertz CT molecular complexity index is 615. The van der Waals surface area contributed by atoms with Gasteiger partial charge in [0.05, 0.1) is 17.7 Å². The number of rotatable bonds is 3. The fourth-order valence-corrected chi connectivity index (χ4v) is 4.09. The predicted octanol–water partition coefficient (Wildman–Crippen LogP) is 1.18. The molecule has 1 saturated heterocycles. The fraction of sp³-hybridized carbons (Fsp3) is 0.611. The Labute approximate surface area is 141 Å². The second-order valence-corrected chi connectivity index (χ2v) is 6.79. The summed E-state index contributed by atoms with van der Waals surface area (Å²) in [7, 11) is 0. The first-order valence-electron chi connectivity index (χ1n) is 8.85. The summed E-state index contributed by atoms with van der Waals surface area (Å²) in [6.45, 7) is 3.05. The molecule has 2 N–H and O–H groups in total. The van der Waals surface area contributed by atoms with E-state index >= 15 is 0 Å². The molecule has 0 aromatic heterocycles. The normalized spacial score (nSPS) is 29.6. The lowest BCUT2D eigenvalue weighted by molar-refractivity contribution is 0.0616. The molecule has 0 unspecified atom stereocenters. The third-order valence-corrected chi connectivity index (χ3v) is 5.32. The van der Waals surface area contributed by atoms with Crippen LogP contribution in [0.5, 0.6) is 11.5 Å². The molecule has 2 heterocycles. The first-order valence-corrected chi connectivity index (χ1v) is 8.85. The Hall–Kier alpha value is -1.79. The van der Waals surface area contributed by atoms with Crippen LogP contribution in [0.2, 0.25) is 0 Å². The molecule has 2 fully saturated rings. The van der Waals surface area contributed by atoms with Crippen molar-refractivity contribution in [1.82, 2.24) is 10.2 Å². The van der Waals surface area contributed by atoms with Gasteiger partial charge in [-0.25, -0.2) is 0 Å². The highest BCUT2D eigenvalue weighted by Gasteiger charge is 2.40. The quantitative estimate of drug-likeness (QED) is 0.870. The van der Waals surface area contributed by atoms with Crippen molar-refractivity contribution in [3.8, 4) is 11.5 Å². The molecule has 1 aliphatic carbocycles. The summed E-state index contributed by atoms with van der Waals surface area (Å²) >= 11 is 0. The average Bonchev–Trinajstić information content (AvgIpc) is 3.25. The van der Waals surface area contributed by atoms with Crippen molar-refractivity contribution in [2.75, 3.05) is 26.3 Å². The van der Waals surface area contributed by atoms with Crippen LogP contribution in [-0.2, 0) is 0 Å². The largest absolute Gasteiger partial charge is 0.486 e. The predicted molar refractivity (Wildman–Crippen MR) is 88.5 cm³/mol. The number of hydrogen-bond donors (Lipinski definition) is 2. The number of ether oxygens (including phenoxy) is 2. The molecular formula is C18H24N2O4. The van der Waals surface area contributed by atoms with Gasteiger partial charge in [0.2, 0.25) is 0 Å². The molecule has 24 heavy (non-hydrogen) atoms. The monoisotopic (exact) mass is 332 g/mol. The van der Waals surface area contributed by atoms with Gasteiger partial charge in [-0.2, -0.15) is 0 Å². The molecule has 6 heteroatoms. The number of likely N-dealkylation sites (tertiary alicyclic amines) is 1. The van der Waals surface area contributed by atoms with Gasteiger partial charge in [0, 0.05) is 6.04 Å². The Morgan fingerprint density at radius 1 is 1.17 bits per heavy atom. The molecule has 130 valence electrons. The summed E-state index contributed by atoms with van der Waals surface area (Å²) in [6, 6.07) is 5.30. The van der Waals surface area contributed by atoms with Gasteiger partial charge in [-0.3, -0.25) is 9.69 Å². The molecule has 0 radical (unpaired) electrons. The highest BCUT2D eigenvalue weighted by Crippen LogP contribution is 2.34. The van der Waals surface area contributed by atoms with Crippen molar-refractivity contribution < 1.29 is 19.4 Å². The highest BCUT2D eigenvalue weighted by molar-refractivity contribution is 5.98. The van der Waals surface area contributed by atoms with Gasteiger partial charge in [-0.1, -0.05) is 6.07 Å². The second kappa shape index (κ2) is 6.61. The average molecular weight is 332 g/mol. The van der Waals surface area contributed by atoms with Gasteiger partial charge in [-0.05, 0) is 50.9 Å². The number of carbonyl (C=O) groups is 1. The van der Waals surface area contributed by atoms with E-state index in [-0.39, 0.29) is 18.0 Å². The molecule has 2 aliphatic heterocycles. The van der Waals surface area contributed by atoms with E-state index in [0.717, 1.165) is 25.9 Å². The van der Waals surface area contributed by atoms with Crippen LogP contribution in [0.4, 0.5) is 0 Å². The van der Waals surface area contributed by atoms with Crippen molar-refractivity contribution >= 4 is 5.91 Å². The summed E-state index contributed by atoms with van der Waals surface area (Å²) in [5, 5.41) is 13.6. The van der Waals surface area contributed by atoms with E-state index in [1.165, 1.54) is 12.8 Å². The number of aliphatic hydroxyl groups is 1. The molecule has 1 aromatic carbocycles. The number of nitrogens with one attached hydrogen (secondary N) is 1. The first kappa shape index (κ1) is 15.7. The molecule has 0 spiro atoms. The Kier molecular flexibility index (Phi) is 4.33. The van der Waals surface area contributed by atoms with E-state index in [1.54, 1.807) is 18.2 Å². The number of nitrogens with zero attached hydrogens (tertiary/aromatic N) is 1. The van der Waals surface area contributed by atoms with Crippen molar-refractivity contribution in [1.29, 1.82) is 0 Å². The number of carbonyl (C=O) groups excluding carboxylic acids is 1. The summed E-state index contributed by atoms with van der Waals surface area (Å²) in [6.07, 6.45) is 3.63. The minimum absolute atomic E-state index is 0.169. The third kappa shape index (κ3) is 2.84. The molecule has 0 bridgehead atoms. The van der Waals surface area contributed by atoms with Crippen LogP contribution in [0.25, 0.3) is 0 Å². The number of aliphatic hydroxyl groups excluding tert-OH is 1. The van der Waals surface area contributed by atoms with E-state index in [9.17, 15) is 9.90 Å². The minimum Gasteiger partial charge on any atom is -0.486 e. The maximum absolute atomic E-state index is 12.7. The smallest absolute Gasteiger partial charge is 0.255 e. The van der Waals surface area contributed by atoms with Gasteiger partial charge >= 0.3 is 0 Å². The summed E-state index contributed by atoms with van der Waals surface area (Å²) in [5.41, 5.74) is 0.476.